The molecule has 2 N–H and O–H groups in total. The van der Waals surface area contributed by atoms with Gasteiger partial charge in [0.05, 0.1) is 19.0 Å². The molecular formula is C16H20N2O2. The Labute approximate surface area is 118 Å². The van der Waals surface area contributed by atoms with Crippen LogP contribution in [0.25, 0.3) is 0 Å². The molecule has 0 radical (unpaired) electrons. The number of carbonyl (C=O) groups excluding carboxylic acids is 1. The first-order chi connectivity index (χ1) is 9.67. The van der Waals surface area contributed by atoms with E-state index in [2.05, 4.69) is 17.4 Å². The summed E-state index contributed by atoms with van der Waals surface area (Å²) in [4.78, 5) is 14.5. The van der Waals surface area contributed by atoms with Crippen molar-refractivity contribution in [2.45, 2.75) is 30.9 Å². The average molecular weight is 272 g/mol. The monoisotopic (exact) mass is 272 g/mol. The highest BCUT2D eigenvalue weighted by molar-refractivity contribution is 5.85. The van der Waals surface area contributed by atoms with Crippen molar-refractivity contribution in [1.82, 2.24) is 10.2 Å². The van der Waals surface area contributed by atoms with Crippen LogP contribution in [0.5, 0.6) is 0 Å². The molecule has 20 heavy (non-hydrogen) atoms. The lowest BCUT2D eigenvalue weighted by Crippen LogP contribution is -2.65. The van der Waals surface area contributed by atoms with Crippen LogP contribution in [0.1, 0.15) is 29.9 Å². The van der Waals surface area contributed by atoms with E-state index in [4.69, 9.17) is 0 Å². The molecule has 2 heterocycles. The summed E-state index contributed by atoms with van der Waals surface area (Å²) in [5.74, 6) is 0.502. The third-order valence-electron chi connectivity index (χ3n) is 4.97. The normalized spacial score (nSPS) is 27.6. The Bertz CT molecular complexity index is 547. The zero-order valence-electron chi connectivity index (χ0n) is 11.5. The molecule has 1 atom stereocenters. The molecule has 1 amide bonds. The summed E-state index contributed by atoms with van der Waals surface area (Å²) >= 11 is 0. The molecule has 1 aromatic rings. The number of hydrogen-bond donors (Lipinski definition) is 2. The molecule has 4 nitrogen and oxygen atoms in total. The minimum absolute atomic E-state index is 0.0938. The SMILES string of the molecule is O=C(C1CNCc2ccccc21)N1CC(O)(C2CC2)C1. The van der Waals surface area contributed by atoms with Crippen LogP contribution in [-0.2, 0) is 11.3 Å². The van der Waals surface area contributed by atoms with Gasteiger partial charge in [0, 0.05) is 13.1 Å². The van der Waals surface area contributed by atoms with Gasteiger partial charge in [0.15, 0.2) is 0 Å². The van der Waals surface area contributed by atoms with Gasteiger partial charge in [-0.2, -0.15) is 0 Å². The van der Waals surface area contributed by atoms with Gasteiger partial charge in [0.2, 0.25) is 5.91 Å². The second kappa shape index (κ2) is 4.30. The lowest BCUT2D eigenvalue weighted by atomic mass is 9.84. The van der Waals surface area contributed by atoms with Crippen LogP contribution in [0, 0.1) is 5.92 Å². The highest BCUT2D eigenvalue weighted by Crippen LogP contribution is 2.45. The molecule has 4 rings (SSSR count). The van der Waals surface area contributed by atoms with Gasteiger partial charge in [0.25, 0.3) is 0 Å². The molecular weight excluding hydrogens is 252 g/mol. The van der Waals surface area contributed by atoms with E-state index in [-0.39, 0.29) is 11.8 Å². The minimum Gasteiger partial charge on any atom is -0.386 e. The predicted molar refractivity (Wildman–Crippen MR) is 75.1 cm³/mol. The fourth-order valence-corrected chi connectivity index (χ4v) is 3.59. The Balaban J connectivity index is 1.50. The number of amides is 1. The van der Waals surface area contributed by atoms with Crippen molar-refractivity contribution in [3.05, 3.63) is 35.4 Å². The van der Waals surface area contributed by atoms with Crippen molar-refractivity contribution in [2.24, 2.45) is 5.92 Å². The van der Waals surface area contributed by atoms with Crippen LogP contribution >= 0.6 is 0 Å². The number of likely N-dealkylation sites (tertiary alicyclic amines) is 1. The molecule has 2 fully saturated rings. The highest BCUT2D eigenvalue weighted by Gasteiger charge is 2.54. The molecule has 4 heteroatoms. The quantitative estimate of drug-likeness (QED) is 0.839. The van der Waals surface area contributed by atoms with Crippen molar-refractivity contribution in [1.29, 1.82) is 0 Å². The number of fused-ring (bicyclic) bond motifs is 1. The Morgan fingerprint density at radius 3 is 2.80 bits per heavy atom. The first-order valence-corrected chi connectivity index (χ1v) is 7.47. The van der Waals surface area contributed by atoms with Crippen LogP contribution in [0.2, 0.25) is 0 Å². The lowest BCUT2D eigenvalue weighted by molar-refractivity contribution is -0.160. The van der Waals surface area contributed by atoms with E-state index in [1.165, 1.54) is 5.56 Å². The summed E-state index contributed by atoms with van der Waals surface area (Å²) in [6, 6.07) is 8.16. The molecule has 0 aromatic heterocycles. The third kappa shape index (κ3) is 1.86. The standard InChI is InChI=1S/C16H20N2O2/c19-15(18-9-16(20,10-18)12-5-6-12)14-8-17-7-11-3-1-2-4-13(11)14/h1-4,12,14,17,20H,5-10H2. The molecule has 1 saturated carbocycles. The van der Waals surface area contributed by atoms with Gasteiger partial charge in [-0.25, -0.2) is 0 Å². The maximum atomic E-state index is 12.6. The summed E-state index contributed by atoms with van der Waals surface area (Å²) < 4.78 is 0. The molecule has 0 spiro atoms. The topological polar surface area (TPSA) is 52.6 Å². The number of rotatable bonds is 2. The van der Waals surface area contributed by atoms with Crippen LogP contribution in [-0.4, -0.2) is 41.1 Å². The third-order valence-corrected chi connectivity index (χ3v) is 4.97. The number of benzene rings is 1. The van der Waals surface area contributed by atoms with E-state index in [0.717, 1.165) is 24.9 Å². The van der Waals surface area contributed by atoms with Crippen LogP contribution in [0.15, 0.2) is 24.3 Å². The van der Waals surface area contributed by atoms with Gasteiger partial charge in [-0.3, -0.25) is 4.79 Å². The molecule has 106 valence electrons. The summed E-state index contributed by atoms with van der Waals surface area (Å²) in [5.41, 5.74) is 1.78. The average Bonchev–Trinajstić information content (AvgIpc) is 3.27. The van der Waals surface area contributed by atoms with Crippen molar-refractivity contribution in [3.63, 3.8) is 0 Å². The summed E-state index contributed by atoms with van der Waals surface area (Å²) in [5, 5.41) is 13.7. The fourth-order valence-electron chi connectivity index (χ4n) is 3.59. The number of carbonyl (C=O) groups is 1. The number of nitrogens with one attached hydrogen (secondary N) is 1. The minimum atomic E-state index is -0.586. The van der Waals surface area contributed by atoms with Crippen molar-refractivity contribution < 1.29 is 9.90 Å². The molecule has 1 unspecified atom stereocenters. The number of hydrogen-bond acceptors (Lipinski definition) is 3. The Hall–Kier alpha value is -1.39. The summed E-state index contributed by atoms with van der Waals surface area (Å²) in [6.07, 6.45) is 2.23. The van der Waals surface area contributed by atoms with Gasteiger partial charge in [-0.05, 0) is 29.9 Å². The predicted octanol–water partition coefficient (Wildman–Crippen LogP) is 0.857. The molecule has 1 saturated heterocycles. The van der Waals surface area contributed by atoms with Crippen molar-refractivity contribution in [2.75, 3.05) is 19.6 Å². The number of β-amino-alcohol motifs (C(OH)–C–C–N with tert-alkyl or cyclic N) is 1. The van der Waals surface area contributed by atoms with E-state index in [0.29, 0.717) is 25.6 Å². The second-order valence-electron chi connectivity index (χ2n) is 6.45. The first-order valence-electron chi connectivity index (χ1n) is 7.47. The summed E-state index contributed by atoms with van der Waals surface area (Å²) in [7, 11) is 0. The highest BCUT2D eigenvalue weighted by atomic mass is 16.3. The zero-order valence-corrected chi connectivity index (χ0v) is 11.5. The lowest BCUT2D eigenvalue weighted by Gasteiger charge is -2.48. The Kier molecular flexibility index (Phi) is 2.66. The van der Waals surface area contributed by atoms with Gasteiger partial charge < -0.3 is 15.3 Å². The van der Waals surface area contributed by atoms with E-state index >= 15 is 0 Å². The Morgan fingerprint density at radius 1 is 1.30 bits per heavy atom. The van der Waals surface area contributed by atoms with Gasteiger partial charge in [-0.1, -0.05) is 24.3 Å². The summed E-state index contributed by atoms with van der Waals surface area (Å²) in [6.45, 7) is 2.59. The van der Waals surface area contributed by atoms with Gasteiger partial charge in [0.1, 0.15) is 5.60 Å². The van der Waals surface area contributed by atoms with Gasteiger partial charge in [-0.15, -0.1) is 0 Å². The maximum Gasteiger partial charge on any atom is 0.231 e. The van der Waals surface area contributed by atoms with E-state index in [9.17, 15) is 9.90 Å². The molecule has 0 bridgehead atoms. The van der Waals surface area contributed by atoms with Crippen LogP contribution < -0.4 is 5.32 Å². The number of nitrogens with zero attached hydrogens (tertiary/aromatic N) is 1. The Morgan fingerprint density at radius 2 is 2.05 bits per heavy atom. The smallest absolute Gasteiger partial charge is 0.231 e. The van der Waals surface area contributed by atoms with Crippen molar-refractivity contribution in [3.8, 4) is 0 Å². The van der Waals surface area contributed by atoms with E-state index in [1.807, 2.05) is 17.0 Å². The zero-order chi connectivity index (χ0) is 13.7. The fraction of sp³-hybridized carbons (Fsp3) is 0.562. The van der Waals surface area contributed by atoms with Crippen LogP contribution in [0.3, 0.4) is 0 Å². The molecule has 1 aliphatic carbocycles. The second-order valence-corrected chi connectivity index (χ2v) is 6.45. The molecule has 3 aliphatic rings. The van der Waals surface area contributed by atoms with Crippen molar-refractivity contribution >= 4 is 5.91 Å². The molecule has 1 aromatic carbocycles. The largest absolute Gasteiger partial charge is 0.386 e. The van der Waals surface area contributed by atoms with E-state index in [1.54, 1.807) is 0 Å². The van der Waals surface area contributed by atoms with E-state index < -0.39 is 5.60 Å². The molecule has 2 aliphatic heterocycles. The maximum absolute atomic E-state index is 12.6. The van der Waals surface area contributed by atoms with Gasteiger partial charge >= 0.3 is 0 Å². The van der Waals surface area contributed by atoms with Crippen LogP contribution in [0.4, 0.5) is 0 Å². The first kappa shape index (κ1) is 12.4. The number of aliphatic hydroxyl groups is 1.